The zero-order valence-corrected chi connectivity index (χ0v) is 12.7. The molecular formula is C11H11N11O3. The Bertz CT molecular complexity index is 795. The molecule has 4 N–H and O–H groups in total. The van der Waals surface area contributed by atoms with Gasteiger partial charge in [0, 0.05) is 12.1 Å². The van der Waals surface area contributed by atoms with Gasteiger partial charge in [0.25, 0.3) is 11.8 Å². The first kappa shape index (κ1) is 15.9. The van der Waals surface area contributed by atoms with Crippen LogP contribution >= 0.6 is 0 Å². The number of nitrogens with zero attached hydrogens (tertiary/aromatic N) is 7. The third-order valence-electron chi connectivity index (χ3n) is 2.71. The van der Waals surface area contributed by atoms with E-state index in [9.17, 15) is 9.59 Å². The van der Waals surface area contributed by atoms with E-state index in [1.54, 1.807) is 6.92 Å². The number of pyridine rings is 1. The molecule has 14 nitrogen and oxygen atoms in total. The Morgan fingerprint density at radius 1 is 1.00 bits per heavy atom. The van der Waals surface area contributed by atoms with Crippen LogP contribution in [0.15, 0.2) is 12.1 Å². The summed E-state index contributed by atoms with van der Waals surface area (Å²) in [7, 11) is 0. The van der Waals surface area contributed by atoms with Crippen molar-refractivity contribution < 1.29 is 14.3 Å². The van der Waals surface area contributed by atoms with Crippen LogP contribution in [-0.2, 0) is 0 Å². The zero-order chi connectivity index (χ0) is 17.6. The zero-order valence-electron chi connectivity index (χ0n) is 12.7. The van der Waals surface area contributed by atoms with Crippen molar-refractivity contribution in [2.75, 3.05) is 17.2 Å². The van der Waals surface area contributed by atoms with Gasteiger partial charge in [-0.3, -0.25) is 9.59 Å². The summed E-state index contributed by atoms with van der Waals surface area (Å²) in [5, 5.41) is 29.9. The molecule has 3 aromatic rings. The number of rotatable bonds is 6. The molecule has 3 rings (SSSR count). The minimum absolute atomic E-state index is 0.0954. The molecule has 3 heterocycles. The van der Waals surface area contributed by atoms with Gasteiger partial charge in [-0.15, -0.1) is 10.2 Å². The van der Waals surface area contributed by atoms with Crippen LogP contribution < -0.4 is 15.4 Å². The molecule has 128 valence electrons. The number of carbonyl (C=O) groups excluding carboxylic acids is 2. The number of nitrogens with one attached hydrogen (secondary N) is 4. The number of amides is 2. The normalized spacial score (nSPS) is 10.3. The summed E-state index contributed by atoms with van der Waals surface area (Å²) in [6.45, 7) is 2.17. The molecule has 0 aliphatic heterocycles. The van der Waals surface area contributed by atoms with Crippen molar-refractivity contribution in [1.29, 1.82) is 0 Å². The lowest BCUT2D eigenvalue weighted by molar-refractivity contribution is 0.101. The first-order valence-corrected chi connectivity index (χ1v) is 6.90. The monoisotopic (exact) mass is 345 g/mol. The van der Waals surface area contributed by atoms with Crippen LogP contribution in [0.25, 0.3) is 0 Å². The number of hydrogen-bond acceptors (Lipinski definition) is 10. The Hall–Kier alpha value is -3.97. The van der Waals surface area contributed by atoms with Crippen LogP contribution in [0.1, 0.15) is 28.2 Å². The number of carbonyl (C=O) groups is 2. The van der Waals surface area contributed by atoms with E-state index in [4.69, 9.17) is 4.74 Å². The Labute approximate surface area is 138 Å². The number of aromatic nitrogens is 9. The van der Waals surface area contributed by atoms with E-state index in [0.29, 0.717) is 12.4 Å². The average molecular weight is 345 g/mol. The summed E-state index contributed by atoms with van der Waals surface area (Å²) in [5.74, 6) is -0.777. The Morgan fingerprint density at radius 3 is 1.92 bits per heavy atom. The lowest BCUT2D eigenvalue weighted by atomic mass is 10.3. The first-order chi connectivity index (χ1) is 12.2. The summed E-state index contributed by atoms with van der Waals surface area (Å²) in [6, 6.07) is 2.97. The highest BCUT2D eigenvalue weighted by Crippen LogP contribution is 2.21. The van der Waals surface area contributed by atoms with E-state index in [-0.39, 0.29) is 23.3 Å². The van der Waals surface area contributed by atoms with Gasteiger partial charge in [0.1, 0.15) is 17.4 Å². The van der Waals surface area contributed by atoms with Crippen molar-refractivity contribution >= 4 is 23.5 Å². The van der Waals surface area contributed by atoms with Crippen LogP contribution in [0.2, 0.25) is 0 Å². The van der Waals surface area contributed by atoms with E-state index in [1.165, 1.54) is 12.1 Å². The van der Waals surface area contributed by atoms with Gasteiger partial charge < -0.3 is 15.4 Å². The molecule has 0 bridgehead atoms. The van der Waals surface area contributed by atoms with Crippen molar-refractivity contribution in [1.82, 2.24) is 46.2 Å². The van der Waals surface area contributed by atoms with Crippen molar-refractivity contribution in [2.24, 2.45) is 0 Å². The predicted molar refractivity (Wildman–Crippen MR) is 79.7 cm³/mol. The standard InChI is InChI=1S/C11H11N11O3/c1-2-25-5-3-6(13-10(23)8-15-19-20-16-8)12-7(4-5)14-11(24)9-17-21-22-18-9/h3-4H,2H2,1H3,(H,15,16,19,20)(H,17,18,21,22)(H2,12,13,14,23,24). The Kier molecular flexibility index (Phi) is 4.50. The topological polar surface area (TPSA) is 189 Å². The van der Waals surface area contributed by atoms with Gasteiger partial charge in [-0.25, -0.2) is 15.2 Å². The average Bonchev–Trinajstić information content (AvgIpc) is 3.29. The van der Waals surface area contributed by atoms with Gasteiger partial charge >= 0.3 is 0 Å². The van der Waals surface area contributed by atoms with Crippen molar-refractivity contribution in [2.45, 2.75) is 6.92 Å². The summed E-state index contributed by atoms with van der Waals surface area (Å²) in [5.41, 5.74) is 0. The number of ether oxygens (including phenoxy) is 1. The second-order valence-electron chi connectivity index (χ2n) is 4.41. The molecule has 3 aromatic heterocycles. The predicted octanol–water partition coefficient (Wildman–Crippen LogP) is -0.989. The molecule has 0 aliphatic rings. The van der Waals surface area contributed by atoms with Crippen LogP contribution in [-0.4, -0.2) is 64.7 Å². The highest BCUT2D eigenvalue weighted by Gasteiger charge is 2.15. The fourth-order valence-corrected chi connectivity index (χ4v) is 1.75. The number of aromatic amines is 2. The van der Waals surface area contributed by atoms with Crippen LogP contribution in [0.5, 0.6) is 5.75 Å². The molecule has 0 saturated heterocycles. The van der Waals surface area contributed by atoms with Crippen molar-refractivity contribution in [3.8, 4) is 5.75 Å². The number of H-pyrrole nitrogens is 2. The molecule has 0 spiro atoms. The summed E-state index contributed by atoms with van der Waals surface area (Å²) in [6.07, 6.45) is 0. The minimum atomic E-state index is -0.608. The number of anilines is 2. The fraction of sp³-hybridized carbons (Fsp3) is 0.182. The van der Waals surface area contributed by atoms with Crippen LogP contribution in [0.3, 0.4) is 0 Å². The van der Waals surface area contributed by atoms with Crippen LogP contribution in [0, 0.1) is 0 Å². The molecule has 0 saturated carbocycles. The number of tetrazole rings is 2. The Balaban J connectivity index is 1.81. The largest absolute Gasteiger partial charge is 0.494 e. The molecule has 0 atom stereocenters. The molecular weight excluding hydrogens is 334 g/mol. The summed E-state index contributed by atoms with van der Waals surface area (Å²) >= 11 is 0. The van der Waals surface area contributed by atoms with E-state index >= 15 is 0 Å². The minimum Gasteiger partial charge on any atom is -0.494 e. The molecule has 0 aromatic carbocycles. The highest BCUT2D eigenvalue weighted by molar-refractivity contribution is 6.02. The Morgan fingerprint density at radius 2 is 1.52 bits per heavy atom. The lowest BCUT2D eigenvalue weighted by Crippen LogP contribution is -2.18. The maximum atomic E-state index is 12.0. The molecule has 0 fully saturated rings. The maximum absolute atomic E-state index is 12.0. The molecule has 2 amide bonds. The van der Waals surface area contributed by atoms with Gasteiger partial charge in [0.2, 0.25) is 11.6 Å². The third-order valence-corrected chi connectivity index (χ3v) is 2.71. The van der Waals surface area contributed by atoms with Gasteiger partial charge in [-0.05, 0) is 27.8 Å². The summed E-state index contributed by atoms with van der Waals surface area (Å²) < 4.78 is 5.39. The second kappa shape index (κ2) is 7.07. The van der Waals surface area contributed by atoms with Gasteiger partial charge in [-0.1, -0.05) is 0 Å². The van der Waals surface area contributed by atoms with Gasteiger partial charge in [0.15, 0.2) is 0 Å². The molecule has 0 unspecified atom stereocenters. The second-order valence-corrected chi connectivity index (χ2v) is 4.41. The summed E-state index contributed by atoms with van der Waals surface area (Å²) in [4.78, 5) is 28.1. The van der Waals surface area contributed by atoms with Crippen molar-refractivity contribution in [3.05, 3.63) is 23.8 Å². The van der Waals surface area contributed by atoms with E-state index in [1.807, 2.05) is 0 Å². The molecule has 25 heavy (non-hydrogen) atoms. The van der Waals surface area contributed by atoms with E-state index < -0.39 is 11.8 Å². The highest BCUT2D eigenvalue weighted by atomic mass is 16.5. The number of hydrogen-bond donors (Lipinski definition) is 4. The van der Waals surface area contributed by atoms with E-state index in [0.717, 1.165) is 0 Å². The SMILES string of the molecule is CCOc1cc(NC(=O)c2nnn[nH]2)nc(NC(=O)c2nnn[nH]2)c1. The smallest absolute Gasteiger partial charge is 0.296 e. The lowest BCUT2D eigenvalue weighted by Gasteiger charge is -2.10. The molecule has 14 heteroatoms. The maximum Gasteiger partial charge on any atom is 0.296 e. The third kappa shape index (κ3) is 3.87. The quantitative estimate of drug-likeness (QED) is 0.431. The fourth-order valence-electron chi connectivity index (χ4n) is 1.75. The van der Waals surface area contributed by atoms with Crippen molar-refractivity contribution in [3.63, 3.8) is 0 Å². The molecule has 0 radical (unpaired) electrons. The van der Waals surface area contributed by atoms with Gasteiger partial charge in [-0.2, -0.15) is 0 Å². The molecule has 0 aliphatic carbocycles. The van der Waals surface area contributed by atoms with Crippen LogP contribution in [0.4, 0.5) is 11.6 Å². The van der Waals surface area contributed by atoms with Gasteiger partial charge in [0.05, 0.1) is 6.61 Å². The first-order valence-electron chi connectivity index (χ1n) is 6.90. The van der Waals surface area contributed by atoms with E-state index in [2.05, 4.69) is 56.9 Å².